The van der Waals surface area contributed by atoms with Gasteiger partial charge in [0.1, 0.15) is 0 Å². The summed E-state index contributed by atoms with van der Waals surface area (Å²) in [6.07, 6.45) is 0.191. The molecule has 1 aromatic heterocycles. The third kappa shape index (κ3) is 4.31. The highest BCUT2D eigenvalue weighted by molar-refractivity contribution is 7.89. The van der Waals surface area contributed by atoms with E-state index in [4.69, 9.17) is 4.74 Å². The number of hydrogen-bond acceptors (Lipinski definition) is 5. The van der Waals surface area contributed by atoms with E-state index in [0.29, 0.717) is 11.1 Å². The van der Waals surface area contributed by atoms with Crippen LogP contribution in [0.5, 0.6) is 0 Å². The fourth-order valence-electron chi connectivity index (χ4n) is 3.12. The minimum atomic E-state index is -3.15. The minimum Gasteiger partial charge on any atom is -0.451 e. The van der Waals surface area contributed by atoms with E-state index in [1.165, 1.54) is 12.1 Å². The molecule has 0 spiro atoms. The van der Waals surface area contributed by atoms with E-state index in [9.17, 15) is 18.0 Å². The smallest absolute Gasteiger partial charge is 0.338 e. The average molecular weight is 399 g/mol. The Kier molecular flexibility index (Phi) is 5.38. The predicted octanol–water partition coefficient (Wildman–Crippen LogP) is 3.45. The Labute approximate surface area is 163 Å². The summed E-state index contributed by atoms with van der Waals surface area (Å²) in [5, 5.41) is 0.790. The highest BCUT2D eigenvalue weighted by Gasteiger charge is 2.24. The second-order valence-corrected chi connectivity index (χ2v) is 8.99. The molecule has 2 aromatic carbocycles. The number of para-hydroxylation sites is 1. The van der Waals surface area contributed by atoms with E-state index in [2.05, 4.69) is 4.98 Å². The number of fused-ring (bicyclic) bond motifs is 1. The largest absolute Gasteiger partial charge is 0.451 e. The summed E-state index contributed by atoms with van der Waals surface area (Å²) in [5.41, 5.74) is 2.92. The second-order valence-electron chi connectivity index (χ2n) is 6.85. The van der Waals surface area contributed by atoms with Crippen molar-refractivity contribution in [3.63, 3.8) is 0 Å². The number of ether oxygens (including phenoxy) is 1. The third-order valence-corrected chi connectivity index (χ3v) is 5.27. The van der Waals surface area contributed by atoms with Gasteiger partial charge in [0.05, 0.1) is 11.3 Å². The maximum absolute atomic E-state index is 12.9. The molecule has 7 heteroatoms. The van der Waals surface area contributed by atoms with E-state index in [0.717, 1.165) is 22.9 Å². The molecule has 0 saturated carbocycles. The Bertz CT molecular complexity index is 1140. The van der Waals surface area contributed by atoms with Crippen molar-refractivity contribution >= 4 is 32.5 Å². The zero-order chi connectivity index (χ0) is 20.5. The number of nitrogens with one attached hydrogen (secondary N) is 1. The summed E-state index contributed by atoms with van der Waals surface area (Å²) >= 11 is 0. The molecule has 3 aromatic rings. The molecule has 0 aliphatic heterocycles. The van der Waals surface area contributed by atoms with Crippen molar-refractivity contribution in [2.75, 3.05) is 6.26 Å². The number of H-pyrrole nitrogens is 1. The first-order valence-corrected chi connectivity index (χ1v) is 10.8. The van der Waals surface area contributed by atoms with Crippen LogP contribution in [0.1, 0.15) is 38.9 Å². The van der Waals surface area contributed by atoms with Gasteiger partial charge in [-0.05, 0) is 37.6 Å². The van der Waals surface area contributed by atoms with E-state index >= 15 is 0 Å². The van der Waals surface area contributed by atoms with Crippen molar-refractivity contribution in [2.24, 2.45) is 0 Å². The van der Waals surface area contributed by atoms with Crippen LogP contribution in [0.2, 0.25) is 0 Å². The number of Topliss-reactive ketones (excluding diaryl/α,β-unsaturated/α-hetero) is 1. The maximum atomic E-state index is 12.9. The Balaban J connectivity index is 1.75. The van der Waals surface area contributed by atoms with Crippen LogP contribution in [0.25, 0.3) is 10.9 Å². The van der Waals surface area contributed by atoms with Gasteiger partial charge in [-0.3, -0.25) is 4.79 Å². The van der Waals surface area contributed by atoms with Crippen LogP contribution in [0.3, 0.4) is 0 Å². The number of carbonyl (C=O) groups excluding carboxylic acids is 2. The molecule has 28 heavy (non-hydrogen) atoms. The van der Waals surface area contributed by atoms with E-state index in [-0.39, 0.29) is 17.1 Å². The number of rotatable bonds is 6. The van der Waals surface area contributed by atoms with Crippen LogP contribution in [0.4, 0.5) is 0 Å². The number of hydrogen-bond donors (Lipinski definition) is 1. The first-order valence-electron chi connectivity index (χ1n) is 8.75. The highest BCUT2D eigenvalue weighted by Crippen LogP contribution is 2.24. The van der Waals surface area contributed by atoms with Crippen LogP contribution in [0, 0.1) is 6.92 Å². The van der Waals surface area contributed by atoms with Gasteiger partial charge in [-0.1, -0.05) is 30.3 Å². The van der Waals surface area contributed by atoms with Gasteiger partial charge in [-0.2, -0.15) is 0 Å². The van der Waals surface area contributed by atoms with Gasteiger partial charge in [0.25, 0.3) is 0 Å². The van der Waals surface area contributed by atoms with Crippen molar-refractivity contribution in [2.45, 2.75) is 25.7 Å². The lowest BCUT2D eigenvalue weighted by molar-refractivity contribution is 0.0319. The third-order valence-electron chi connectivity index (χ3n) is 4.41. The minimum absolute atomic E-state index is 0.100. The molecule has 0 amide bonds. The molecule has 0 bridgehead atoms. The lowest BCUT2D eigenvalue weighted by Crippen LogP contribution is -2.25. The van der Waals surface area contributed by atoms with Crippen molar-refractivity contribution in [1.29, 1.82) is 0 Å². The number of sulfone groups is 1. The van der Waals surface area contributed by atoms with Gasteiger partial charge in [0, 0.05) is 28.4 Å². The number of aromatic amines is 1. The second kappa shape index (κ2) is 7.59. The molecule has 0 saturated heterocycles. The quantitative estimate of drug-likeness (QED) is 0.506. The molecule has 0 radical (unpaired) electrons. The Hall–Kier alpha value is -2.93. The summed E-state index contributed by atoms with van der Waals surface area (Å²) in [5.74, 6) is -1.02. The van der Waals surface area contributed by atoms with Crippen LogP contribution in [-0.2, 0) is 20.3 Å². The SMILES string of the molecule is Cc1[nH]c2ccccc2c1C(=O)[C@@H](C)OC(=O)c1ccc(CS(C)(=O)=O)cc1. The Morgan fingerprint density at radius 1 is 1.07 bits per heavy atom. The summed E-state index contributed by atoms with van der Waals surface area (Å²) < 4.78 is 28.0. The lowest BCUT2D eigenvalue weighted by atomic mass is 10.0. The number of esters is 1. The van der Waals surface area contributed by atoms with Crippen LogP contribution in [-0.4, -0.2) is 37.5 Å². The van der Waals surface area contributed by atoms with E-state index < -0.39 is 21.9 Å². The normalized spacial score (nSPS) is 12.7. The standard InChI is InChI=1S/C21H21NO5S/c1-13-19(17-6-4-5-7-18(17)22-13)20(23)14(2)27-21(24)16-10-8-15(9-11-16)12-28(3,25)26/h4-11,14,22H,12H2,1-3H3/t14-/m1/s1. The number of aromatic nitrogens is 1. The van der Waals surface area contributed by atoms with Gasteiger partial charge in [0.15, 0.2) is 15.9 Å². The van der Waals surface area contributed by atoms with Crippen LogP contribution in [0.15, 0.2) is 48.5 Å². The molecule has 1 atom stereocenters. The molecule has 0 unspecified atom stereocenters. The summed E-state index contributed by atoms with van der Waals surface area (Å²) in [6, 6.07) is 13.6. The van der Waals surface area contributed by atoms with Gasteiger partial charge >= 0.3 is 5.97 Å². The van der Waals surface area contributed by atoms with Gasteiger partial charge < -0.3 is 9.72 Å². The predicted molar refractivity (Wildman–Crippen MR) is 107 cm³/mol. The molecular formula is C21H21NO5S. The van der Waals surface area contributed by atoms with Crippen LogP contribution >= 0.6 is 0 Å². The van der Waals surface area contributed by atoms with E-state index in [1.807, 2.05) is 31.2 Å². The summed E-state index contributed by atoms with van der Waals surface area (Å²) in [6.45, 7) is 3.35. The zero-order valence-corrected chi connectivity index (χ0v) is 16.7. The molecule has 6 nitrogen and oxygen atoms in total. The van der Waals surface area contributed by atoms with Crippen molar-refractivity contribution < 1.29 is 22.7 Å². The first kappa shape index (κ1) is 19.8. The summed E-state index contributed by atoms with van der Waals surface area (Å²) in [4.78, 5) is 28.4. The lowest BCUT2D eigenvalue weighted by Gasteiger charge is -2.13. The molecule has 0 aliphatic carbocycles. The molecule has 1 heterocycles. The fourth-order valence-corrected chi connectivity index (χ4v) is 3.92. The van der Waals surface area contributed by atoms with Gasteiger partial charge in [-0.15, -0.1) is 0 Å². The van der Waals surface area contributed by atoms with Crippen molar-refractivity contribution in [3.05, 3.63) is 70.9 Å². The first-order chi connectivity index (χ1) is 13.2. The number of ketones is 1. The Morgan fingerprint density at radius 3 is 2.36 bits per heavy atom. The topological polar surface area (TPSA) is 93.3 Å². The number of carbonyl (C=O) groups is 2. The molecule has 146 valence electrons. The fraction of sp³-hybridized carbons (Fsp3) is 0.238. The molecular weight excluding hydrogens is 378 g/mol. The number of aryl methyl sites for hydroxylation is 1. The highest BCUT2D eigenvalue weighted by atomic mass is 32.2. The van der Waals surface area contributed by atoms with Gasteiger partial charge in [-0.25, -0.2) is 13.2 Å². The average Bonchev–Trinajstić information content (AvgIpc) is 2.95. The van der Waals surface area contributed by atoms with Crippen molar-refractivity contribution in [3.8, 4) is 0 Å². The van der Waals surface area contributed by atoms with Gasteiger partial charge in [0.2, 0.25) is 5.78 Å². The molecule has 0 aliphatic rings. The monoisotopic (exact) mass is 399 g/mol. The summed E-state index contributed by atoms with van der Waals surface area (Å²) in [7, 11) is -3.15. The Morgan fingerprint density at radius 2 is 1.71 bits per heavy atom. The van der Waals surface area contributed by atoms with Crippen molar-refractivity contribution in [1.82, 2.24) is 4.98 Å². The molecule has 3 rings (SSSR count). The maximum Gasteiger partial charge on any atom is 0.338 e. The number of benzene rings is 2. The van der Waals surface area contributed by atoms with Crippen LogP contribution < -0.4 is 0 Å². The molecule has 1 N–H and O–H groups in total. The van der Waals surface area contributed by atoms with E-state index in [1.54, 1.807) is 19.1 Å². The zero-order valence-electron chi connectivity index (χ0n) is 15.9. The molecule has 0 fully saturated rings.